The fraction of sp³-hybridized carbons (Fsp3) is 0.389. The van der Waals surface area contributed by atoms with E-state index in [9.17, 15) is 4.79 Å². The highest BCUT2D eigenvalue weighted by Crippen LogP contribution is 2.50. The Morgan fingerprint density at radius 3 is 2.88 bits per heavy atom. The van der Waals surface area contributed by atoms with E-state index in [4.69, 9.17) is 0 Å². The highest BCUT2D eigenvalue weighted by Gasteiger charge is 2.49. The molecule has 0 aromatic carbocycles. The largest absolute Gasteiger partial charge is 0.329 e. The number of likely N-dealkylation sites (tertiary alicyclic amines) is 1. The van der Waals surface area contributed by atoms with Crippen LogP contribution in [0.4, 0.5) is 0 Å². The van der Waals surface area contributed by atoms with Gasteiger partial charge in [0.25, 0.3) is 5.91 Å². The summed E-state index contributed by atoms with van der Waals surface area (Å²) in [4.78, 5) is 20.7. The van der Waals surface area contributed by atoms with Gasteiger partial charge in [-0.25, -0.2) is 9.67 Å². The standard InChI is InChI=1S/C18H20N4OS2/c1-4-13-10-25-17(20-13)22-9-12(8-19-22)16(23)21-11-18(2,3)15(21)14-6-5-7-24-14/h5-10,15H,4,11H2,1-3H3. The Kier molecular flexibility index (Phi) is 4.00. The predicted molar refractivity (Wildman–Crippen MR) is 100 cm³/mol. The molecule has 4 heterocycles. The van der Waals surface area contributed by atoms with Crippen LogP contribution in [0.3, 0.4) is 0 Å². The monoisotopic (exact) mass is 372 g/mol. The summed E-state index contributed by atoms with van der Waals surface area (Å²) in [7, 11) is 0. The van der Waals surface area contributed by atoms with E-state index in [1.807, 2.05) is 16.3 Å². The van der Waals surface area contributed by atoms with E-state index < -0.39 is 0 Å². The van der Waals surface area contributed by atoms with Crippen molar-refractivity contribution in [3.8, 4) is 5.13 Å². The van der Waals surface area contributed by atoms with Crippen LogP contribution in [0, 0.1) is 5.41 Å². The van der Waals surface area contributed by atoms with E-state index in [1.165, 1.54) is 4.88 Å². The number of carbonyl (C=O) groups is 1. The second-order valence-electron chi connectivity index (χ2n) is 6.99. The SMILES string of the molecule is CCc1csc(-n2cc(C(=O)N3CC(C)(C)C3c3cccs3)cn2)n1. The van der Waals surface area contributed by atoms with Crippen LogP contribution >= 0.6 is 22.7 Å². The Bertz CT molecular complexity index is 894. The average Bonchev–Trinajstić information content (AvgIpc) is 3.31. The number of aryl methyl sites for hydroxylation is 1. The summed E-state index contributed by atoms with van der Waals surface area (Å²) in [6.45, 7) is 7.27. The lowest BCUT2D eigenvalue weighted by Gasteiger charge is -2.53. The van der Waals surface area contributed by atoms with Crippen molar-refractivity contribution >= 4 is 28.6 Å². The van der Waals surface area contributed by atoms with Gasteiger partial charge in [-0.1, -0.05) is 26.8 Å². The van der Waals surface area contributed by atoms with Gasteiger partial charge in [-0.2, -0.15) is 5.10 Å². The van der Waals surface area contributed by atoms with Gasteiger partial charge in [-0.15, -0.1) is 22.7 Å². The lowest BCUT2D eigenvalue weighted by molar-refractivity contribution is -0.0305. The first-order chi connectivity index (χ1) is 12.0. The van der Waals surface area contributed by atoms with Gasteiger partial charge in [-0.05, 0) is 17.9 Å². The summed E-state index contributed by atoms with van der Waals surface area (Å²) < 4.78 is 1.70. The lowest BCUT2D eigenvalue weighted by atomic mass is 9.74. The summed E-state index contributed by atoms with van der Waals surface area (Å²) in [6, 6.07) is 4.29. The second-order valence-corrected chi connectivity index (χ2v) is 8.80. The van der Waals surface area contributed by atoms with Crippen molar-refractivity contribution in [1.82, 2.24) is 19.7 Å². The van der Waals surface area contributed by atoms with Crippen LogP contribution < -0.4 is 0 Å². The second kappa shape index (κ2) is 6.07. The van der Waals surface area contributed by atoms with Gasteiger partial charge in [0.1, 0.15) is 0 Å². The molecule has 1 aliphatic heterocycles. The maximum atomic E-state index is 13.0. The molecule has 4 rings (SSSR count). The molecule has 0 radical (unpaired) electrons. The van der Waals surface area contributed by atoms with Gasteiger partial charge in [0, 0.05) is 28.4 Å². The molecule has 1 amide bonds. The maximum Gasteiger partial charge on any atom is 0.257 e. The first-order valence-electron chi connectivity index (χ1n) is 8.33. The highest BCUT2D eigenvalue weighted by molar-refractivity contribution is 7.12. The molecule has 7 heteroatoms. The minimum Gasteiger partial charge on any atom is -0.329 e. The summed E-state index contributed by atoms with van der Waals surface area (Å²) in [5, 5.41) is 9.24. The van der Waals surface area contributed by atoms with Crippen molar-refractivity contribution in [3.63, 3.8) is 0 Å². The van der Waals surface area contributed by atoms with Crippen molar-refractivity contribution in [2.45, 2.75) is 33.2 Å². The van der Waals surface area contributed by atoms with E-state index in [0.29, 0.717) is 5.56 Å². The molecule has 3 aromatic heterocycles. The third-order valence-corrected chi connectivity index (χ3v) is 6.43. The topological polar surface area (TPSA) is 51.0 Å². The Morgan fingerprint density at radius 1 is 1.40 bits per heavy atom. The fourth-order valence-electron chi connectivity index (χ4n) is 3.37. The average molecular weight is 373 g/mol. The van der Waals surface area contributed by atoms with Crippen molar-refractivity contribution in [2.24, 2.45) is 5.41 Å². The number of aromatic nitrogens is 3. The maximum absolute atomic E-state index is 13.0. The van der Waals surface area contributed by atoms with Crippen LogP contribution in [0.2, 0.25) is 0 Å². The van der Waals surface area contributed by atoms with Crippen molar-refractivity contribution in [1.29, 1.82) is 0 Å². The van der Waals surface area contributed by atoms with Gasteiger partial charge in [0.15, 0.2) is 0 Å². The van der Waals surface area contributed by atoms with Gasteiger partial charge >= 0.3 is 0 Å². The zero-order chi connectivity index (χ0) is 17.6. The first kappa shape index (κ1) is 16.5. The third kappa shape index (κ3) is 2.81. The molecule has 1 atom stereocenters. The number of hydrogen-bond donors (Lipinski definition) is 0. The van der Waals surface area contributed by atoms with Crippen molar-refractivity contribution in [3.05, 3.63) is 51.4 Å². The lowest BCUT2D eigenvalue weighted by Crippen LogP contribution is -2.57. The molecule has 0 bridgehead atoms. The van der Waals surface area contributed by atoms with Gasteiger partial charge < -0.3 is 4.90 Å². The predicted octanol–water partition coefficient (Wildman–Crippen LogP) is 4.18. The number of hydrogen-bond acceptors (Lipinski definition) is 5. The Morgan fingerprint density at radius 2 is 2.24 bits per heavy atom. The molecule has 1 saturated heterocycles. The minimum absolute atomic E-state index is 0.0382. The minimum atomic E-state index is 0.0382. The van der Waals surface area contributed by atoms with Gasteiger partial charge in [-0.3, -0.25) is 4.79 Å². The van der Waals surface area contributed by atoms with Gasteiger partial charge in [0.2, 0.25) is 5.13 Å². The molecule has 0 N–H and O–H groups in total. The van der Waals surface area contributed by atoms with E-state index in [1.54, 1.807) is 39.7 Å². The molecule has 130 valence electrons. The molecule has 0 aliphatic carbocycles. The molecule has 0 saturated carbocycles. The number of carbonyl (C=O) groups excluding carboxylic acids is 1. The normalized spacial score (nSPS) is 19.0. The summed E-state index contributed by atoms with van der Waals surface area (Å²) >= 11 is 3.25. The van der Waals surface area contributed by atoms with E-state index in [-0.39, 0.29) is 17.4 Å². The van der Waals surface area contributed by atoms with E-state index in [2.05, 4.69) is 42.3 Å². The molecule has 25 heavy (non-hydrogen) atoms. The Balaban J connectivity index is 1.57. The van der Waals surface area contributed by atoms with Crippen LogP contribution in [0.5, 0.6) is 0 Å². The summed E-state index contributed by atoms with van der Waals surface area (Å²) in [5.41, 5.74) is 1.76. The molecule has 3 aromatic rings. The third-order valence-electron chi connectivity index (χ3n) is 4.63. The van der Waals surface area contributed by atoms with E-state index >= 15 is 0 Å². The molecule has 0 spiro atoms. The number of thiazole rings is 1. The van der Waals surface area contributed by atoms with Crippen LogP contribution in [0.25, 0.3) is 5.13 Å². The molecule has 1 aliphatic rings. The zero-order valence-corrected chi connectivity index (χ0v) is 16.1. The van der Waals surface area contributed by atoms with Gasteiger partial charge in [0.05, 0.1) is 23.5 Å². The zero-order valence-electron chi connectivity index (χ0n) is 14.5. The molecule has 1 fully saturated rings. The van der Waals surface area contributed by atoms with Crippen LogP contribution in [-0.4, -0.2) is 32.1 Å². The smallest absolute Gasteiger partial charge is 0.257 e. The number of amides is 1. The first-order valence-corrected chi connectivity index (χ1v) is 10.1. The van der Waals surface area contributed by atoms with Crippen LogP contribution in [-0.2, 0) is 6.42 Å². The quantitative estimate of drug-likeness (QED) is 0.690. The van der Waals surface area contributed by atoms with E-state index in [0.717, 1.165) is 23.8 Å². The summed E-state index contributed by atoms with van der Waals surface area (Å²) in [5.74, 6) is 0.0382. The highest BCUT2D eigenvalue weighted by atomic mass is 32.1. The Labute approximate surface area is 154 Å². The number of thiophene rings is 1. The van der Waals surface area contributed by atoms with Crippen molar-refractivity contribution in [2.75, 3.05) is 6.54 Å². The number of nitrogens with zero attached hydrogens (tertiary/aromatic N) is 4. The molecule has 5 nitrogen and oxygen atoms in total. The molecule has 1 unspecified atom stereocenters. The van der Waals surface area contributed by atoms with Crippen LogP contribution in [0.1, 0.15) is 47.7 Å². The summed E-state index contributed by atoms with van der Waals surface area (Å²) in [6.07, 6.45) is 4.33. The Hall–Kier alpha value is -1.99. The molecular weight excluding hydrogens is 352 g/mol. The molecular formula is C18H20N4OS2. The number of rotatable bonds is 4. The van der Waals surface area contributed by atoms with Crippen molar-refractivity contribution < 1.29 is 4.79 Å². The fourth-order valence-corrected chi connectivity index (χ4v) is 5.25. The van der Waals surface area contributed by atoms with Crippen LogP contribution in [0.15, 0.2) is 35.3 Å².